The molecule has 2 aromatic carbocycles. The summed E-state index contributed by atoms with van der Waals surface area (Å²) in [6.07, 6.45) is -3.78. The number of aromatic nitrogens is 1. The summed E-state index contributed by atoms with van der Waals surface area (Å²) in [6.45, 7) is 3.51. The maximum absolute atomic E-state index is 14.0. The second-order valence-corrected chi connectivity index (χ2v) is 12.6. The van der Waals surface area contributed by atoms with E-state index in [0.717, 1.165) is 61.2 Å². The topological polar surface area (TPSA) is 129 Å². The minimum absolute atomic E-state index is 0.0971. The quantitative estimate of drug-likeness (QED) is 0.223. The van der Waals surface area contributed by atoms with Crippen LogP contribution < -0.4 is 5.32 Å². The minimum atomic E-state index is -5.08. The van der Waals surface area contributed by atoms with Crippen LogP contribution in [0.25, 0.3) is 0 Å². The van der Waals surface area contributed by atoms with Crippen molar-refractivity contribution in [3.05, 3.63) is 99.2 Å². The van der Waals surface area contributed by atoms with Gasteiger partial charge in [-0.15, -0.1) is 0 Å². The molecule has 50 heavy (non-hydrogen) atoms. The van der Waals surface area contributed by atoms with Crippen LogP contribution in [0.5, 0.6) is 0 Å². The predicted octanol–water partition coefficient (Wildman–Crippen LogP) is 7.25. The number of carboxylic acid groups (broad SMARTS) is 2. The van der Waals surface area contributed by atoms with Crippen LogP contribution in [0, 0.1) is 5.92 Å². The highest BCUT2D eigenvalue weighted by molar-refractivity contribution is 9.10. The fourth-order valence-corrected chi connectivity index (χ4v) is 6.02. The Kier molecular flexibility index (Phi) is 15.0. The number of hydrogen-bond acceptors (Lipinski definition) is 6. The highest BCUT2D eigenvalue weighted by atomic mass is 79.9. The highest BCUT2D eigenvalue weighted by Crippen LogP contribution is 2.41. The van der Waals surface area contributed by atoms with Crippen LogP contribution in [0.1, 0.15) is 47.9 Å². The average molecular weight is 797 g/mol. The Labute approximate surface area is 296 Å². The number of alkyl halides is 6. The normalized spacial score (nSPS) is 20.2. The van der Waals surface area contributed by atoms with Crippen molar-refractivity contribution in [2.75, 3.05) is 26.3 Å². The fraction of sp³-hybridized carbons (Fsp3) is 0.394. The molecule has 2 heterocycles. The standard InChI is InChI=1S/C29H31BrClN3O2.2C2HF3O2/c30-23-5-1-20(2-6-23)27-19-25(34-15-17-36-18-16-34)9-10-26(27)29(35)33-28(22-11-13-32-14-12-22)21-3-7-24(31)8-4-21;2*3-2(4,5)1(6)7/h1-8,11-14,25-28H,9-10,15-19H2,(H,33,35);2*(H,6,7)/t25-,26-,27+,28?;;/m1../s1. The smallest absolute Gasteiger partial charge is 0.475 e. The third kappa shape index (κ3) is 12.5. The molecular weight excluding hydrogens is 764 g/mol. The number of carbonyl (C=O) groups excluding carboxylic acids is 1. The number of hydrogen-bond donors (Lipinski definition) is 3. The number of ether oxygens (including phenoxy) is 1. The van der Waals surface area contributed by atoms with E-state index in [4.69, 9.17) is 36.1 Å². The number of nitrogens with one attached hydrogen (secondary N) is 1. The van der Waals surface area contributed by atoms with E-state index in [1.165, 1.54) is 5.56 Å². The van der Waals surface area contributed by atoms with Crippen LogP contribution in [0.4, 0.5) is 26.3 Å². The lowest BCUT2D eigenvalue weighted by atomic mass is 9.72. The number of benzene rings is 2. The van der Waals surface area contributed by atoms with Gasteiger partial charge in [0, 0.05) is 46.9 Å². The molecular formula is C33H33BrClF6N3O6. The Morgan fingerprint density at radius 2 is 1.34 bits per heavy atom. The fourth-order valence-electron chi connectivity index (χ4n) is 5.63. The number of pyridine rings is 1. The van der Waals surface area contributed by atoms with E-state index < -0.39 is 24.3 Å². The Balaban J connectivity index is 0.000000408. The molecule has 0 bridgehead atoms. The average Bonchev–Trinajstić information content (AvgIpc) is 3.08. The SMILES string of the molecule is O=C(NC(c1ccncc1)c1ccc(Cl)cc1)[C@@H]1CC[C@@H](N2CCOCC2)C[C@H]1c1ccc(Br)cc1.O=C(O)C(F)(F)F.O=C(O)C(F)(F)F. The number of rotatable bonds is 6. The summed E-state index contributed by atoms with van der Waals surface area (Å²) in [6, 6.07) is 20.3. The van der Waals surface area contributed by atoms with Crippen LogP contribution in [0.2, 0.25) is 5.02 Å². The number of halogens is 8. The van der Waals surface area contributed by atoms with Gasteiger partial charge in [-0.1, -0.05) is 51.8 Å². The van der Waals surface area contributed by atoms with Crippen LogP contribution in [0.3, 0.4) is 0 Å². The maximum atomic E-state index is 14.0. The van der Waals surface area contributed by atoms with Crippen molar-refractivity contribution in [1.82, 2.24) is 15.2 Å². The van der Waals surface area contributed by atoms with Crippen molar-refractivity contribution in [2.45, 2.75) is 49.6 Å². The molecule has 1 saturated carbocycles. The van der Waals surface area contributed by atoms with Crippen molar-refractivity contribution in [1.29, 1.82) is 0 Å². The van der Waals surface area contributed by atoms with E-state index in [1.54, 1.807) is 12.4 Å². The summed E-state index contributed by atoms with van der Waals surface area (Å²) < 4.78 is 70.1. The van der Waals surface area contributed by atoms with Crippen molar-refractivity contribution in [2.24, 2.45) is 5.92 Å². The van der Waals surface area contributed by atoms with Gasteiger partial charge in [-0.05, 0) is 78.3 Å². The number of nitrogens with zero attached hydrogens (tertiary/aromatic N) is 2. The number of amides is 1. The molecule has 1 aliphatic heterocycles. The molecule has 1 amide bonds. The molecule has 272 valence electrons. The van der Waals surface area contributed by atoms with E-state index in [-0.39, 0.29) is 23.8 Å². The van der Waals surface area contributed by atoms with Crippen molar-refractivity contribution in [3.8, 4) is 0 Å². The Bertz CT molecular complexity index is 1520. The first-order chi connectivity index (χ1) is 23.5. The maximum Gasteiger partial charge on any atom is 0.490 e. The summed E-state index contributed by atoms with van der Waals surface area (Å²) in [5, 5.41) is 18.3. The molecule has 9 nitrogen and oxygen atoms in total. The molecule has 0 spiro atoms. The molecule has 1 unspecified atom stereocenters. The number of aliphatic carboxylic acids is 2. The lowest BCUT2D eigenvalue weighted by Gasteiger charge is -2.42. The van der Waals surface area contributed by atoms with Gasteiger partial charge in [-0.2, -0.15) is 26.3 Å². The molecule has 3 N–H and O–H groups in total. The van der Waals surface area contributed by atoms with Gasteiger partial charge in [-0.25, -0.2) is 9.59 Å². The van der Waals surface area contributed by atoms with Crippen LogP contribution in [-0.4, -0.2) is 82.6 Å². The zero-order valence-corrected chi connectivity index (χ0v) is 28.5. The zero-order chi connectivity index (χ0) is 37.1. The second-order valence-electron chi connectivity index (χ2n) is 11.3. The molecule has 0 radical (unpaired) electrons. The van der Waals surface area contributed by atoms with Crippen molar-refractivity contribution in [3.63, 3.8) is 0 Å². The number of carbonyl (C=O) groups is 3. The Morgan fingerprint density at radius 3 is 1.84 bits per heavy atom. The van der Waals surface area contributed by atoms with Crippen LogP contribution in [-0.2, 0) is 19.1 Å². The molecule has 17 heteroatoms. The molecule has 1 aromatic heterocycles. The molecule has 3 aromatic rings. The third-order valence-electron chi connectivity index (χ3n) is 8.03. The van der Waals surface area contributed by atoms with E-state index in [1.807, 2.05) is 36.4 Å². The largest absolute Gasteiger partial charge is 0.490 e. The van der Waals surface area contributed by atoms with Crippen molar-refractivity contribution >= 4 is 45.4 Å². The second kappa shape index (κ2) is 18.5. The molecule has 4 atom stereocenters. The molecule has 1 saturated heterocycles. The van der Waals surface area contributed by atoms with E-state index in [2.05, 4.69) is 55.4 Å². The summed E-state index contributed by atoms with van der Waals surface area (Å²) in [5.41, 5.74) is 3.23. The third-order valence-corrected chi connectivity index (χ3v) is 8.81. The summed E-state index contributed by atoms with van der Waals surface area (Å²) in [7, 11) is 0. The first-order valence-corrected chi connectivity index (χ1v) is 16.3. The van der Waals surface area contributed by atoms with E-state index in [9.17, 15) is 31.1 Å². The van der Waals surface area contributed by atoms with Gasteiger partial charge < -0.3 is 20.3 Å². The number of carboxylic acids is 2. The summed E-state index contributed by atoms with van der Waals surface area (Å²) in [4.78, 5) is 38.5. The predicted molar refractivity (Wildman–Crippen MR) is 173 cm³/mol. The van der Waals surface area contributed by atoms with Gasteiger partial charge in [0.25, 0.3) is 0 Å². The van der Waals surface area contributed by atoms with Gasteiger partial charge in [-0.3, -0.25) is 14.7 Å². The monoisotopic (exact) mass is 795 g/mol. The summed E-state index contributed by atoms with van der Waals surface area (Å²) >= 11 is 9.71. The van der Waals surface area contributed by atoms with Gasteiger partial charge in [0.05, 0.1) is 19.3 Å². The van der Waals surface area contributed by atoms with Gasteiger partial charge in [0.2, 0.25) is 5.91 Å². The zero-order valence-electron chi connectivity index (χ0n) is 26.1. The number of morpholine rings is 1. The summed E-state index contributed by atoms with van der Waals surface area (Å²) in [5.74, 6) is -5.36. The molecule has 2 aliphatic rings. The van der Waals surface area contributed by atoms with Crippen molar-refractivity contribution < 1.29 is 55.7 Å². The molecule has 5 rings (SSSR count). The van der Waals surface area contributed by atoms with E-state index >= 15 is 0 Å². The van der Waals surface area contributed by atoms with Crippen LogP contribution >= 0.6 is 27.5 Å². The van der Waals surface area contributed by atoms with Gasteiger partial charge in [0.1, 0.15) is 0 Å². The van der Waals surface area contributed by atoms with Crippen LogP contribution in [0.15, 0.2) is 77.5 Å². The van der Waals surface area contributed by atoms with E-state index in [0.29, 0.717) is 11.1 Å². The lowest BCUT2D eigenvalue weighted by Crippen LogP contribution is -2.48. The first-order valence-electron chi connectivity index (χ1n) is 15.1. The van der Waals surface area contributed by atoms with Gasteiger partial charge in [0.15, 0.2) is 0 Å². The Hall–Kier alpha value is -3.73. The first kappa shape index (κ1) is 40.7. The highest BCUT2D eigenvalue weighted by Gasteiger charge is 2.40. The van der Waals surface area contributed by atoms with Gasteiger partial charge >= 0.3 is 24.3 Å². The Morgan fingerprint density at radius 1 is 0.840 bits per heavy atom. The molecule has 2 fully saturated rings. The molecule has 1 aliphatic carbocycles. The lowest BCUT2D eigenvalue weighted by molar-refractivity contribution is -0.193. The minimum Gasteiger partial charge on any atom is -0.475 e.